The van der Waals surface area contributed by atoms with Crippen molar-refractivity contribution in [3.05, 3.63) is 70.3 Å². The van der Waals surface area contributed by atoms with Gasteiger partial charge in [0.25, 0.3) is 0 Å². The van der Waals surface area contributed by atoms with Crippen LogP contribution in [-0.2, 0) is 25.7 Å². The fourth-order valence-electron chi connectivity index (χ4n) is 3.25. The van der Waals surface area contributed by atoms with Gasteiger partial charge in [0.1, 0.15) is 0 Å². The fourth-order valence-corrected chi connectivity index (χ4v) is 3.25. The third-order valence-corrected chi connectivity index (χ3v) is 4.59. The van der Waals surface area contributed by atoms with Crippen LogP contribution in [0.3, 0.4) is 0 Å². The summed E-state index contributed by atoms with van der Waals surface area (Å²) in [5, 5.41) is 0. The van der Waals surface area contributed by atoms with Crippen molar-refractivity contribution in [3.8, 4) is 0 Å². The first-order chi connectivity index (χ1) is 10.3. The van der Waals surface area contributed by atoms with E-state index < -0.39 is 0 Å². The number of hydrogen-bond acceptors (Lipinski definition) is 2. The summed E-state index contributed by atoms with van der Waals surface area (Å²) in [6.45, 7) is 2.18. The number of hydrazine groups is 1. The summed E-state index contributed by atoms with van der Waals surface area (Å²) >= 11 is 0. The zero-order valence-corrected chi connectivity index (χ0v) is 12.7. The maximum absolute atomic E-state index is 5.79. The van der Waals surface area contributed by atoms with Crippen LogP contribution in [0, 0.1) is 0 Å². The van der Waals surface area contributed by atoms with Gasteiger partial charge in [-0.15, -0.1) is 0 Å². The van der Waals surface area contributed by atoms with Crippen molar-refractivity contribution in [1.82, 2.24) is 5.43 Å². The predicted molar refractivity (Wildman–Crippen MR) is 88.1 cm³/mol. The molecule has 3 N–H and O–H groups in total. The van der Waals surface area contributed by atoms with E-state index in [0.29, 0.717) is 0 Å². The Kier molecular flexibility index (Phi) is 4.37. The molecule has 2 aromatic carbocycles. The van der Waals surface area contributed by atoms with Gasteiger partial charge in [0.2, 0.25) is 0 Å². The standard InChI is InChI=1S/C19H24N2/c1-2-14-6-10-17(11-7-14)19(21-20)13-15-8-9-16-4-3-5-18(16)12-15/h6-12,19,21H,2-5,13,20H2,1H3. The molecule has 0 heterocycles. The van der Waals surface area contributed by atoms with Gasteiger partial charge >= 0.3 is 0 Å². The van der Waals surface area contributed by atoms with Crippen LogP contribution in [0.15, 0.2) is 42.5 Å². The summed E-state index contributed by atoms with van der Waals surface area (Å²) in [5.41, 5.74) is 10.0. The Hall–Kier alpha value is -1.64. The van der Waals surface area contributed by atoms with Gasteiger partial charge in [-0.25, -0.2) is 0 Å². The van der Waals surface area contributed by atoms with E-state index in [4.69, 9.17) is 5.84 Å². The molecule has 2 heteroatoms. The van der Waals surface area contributed by atoms with Crippen LogP contribution in [0.2, 0.25) is 0 Å². The molecule has 2 nitrogen and oxygen atoms in total. The zero-order valence-electron chi connectivity index (χ0n) is 12.7. The van der Waals surface area contributed by atoms with E-state index in [1.165, 1.54) is 47.1 Å². The lowest BCUT2D eigenvalue weighted by Gasteiger charge is -2.17. The lowest BCUT2D eigenvalue weighted by molar-refractivity contribution is 0.551. The van der Waals surface area contributed by atoms with Crippen LogP contribution in [0.1, 0.15) is 47.2 Å². The average molecular weight is 280 g/mol. The highest BCUT2D eigenvalue weighted by molar-refractivity contribution is 5.36. The van der Waals surface area contributed by atoms with Crippen molar-refractivity contribution in [3.63, 3.8) is 0 Å². The van der Waals surface area contributed by atoms with Gasteiger partial charge in [0.05, 0.1) is 0 Å². The molecular weight excluding hydrogens is 256 g/mol. The molecule has 1 aliphatic carbocycles. The van der Waals surface area contributed by atoms with Gasteiger partial charge in [-0.05, 0) is 59.9 Å². The molecule has 1 unspecified atom stereocenters. The minimum Gasteiger partial charge on any atom is -0.271 e. The molecule has 0 aromatic heterocycles. The molecule has 0 fully saturated rings. The van der Waals surface area contributed by atoms with Crippen LogP contribution in [0.4, 0.5) is 0 Å². The molecule has 1 aliphatic rings. The molecule has 110 valence electrons. The number of fused-ring (bicyclic) bond motifs is 1. The molecule has 0 saturated heterocycles. The Bertz CT molecular complexity index is 601. The van der Waals surface area contributed by atoms with Crippen molar-refractivity contribution < 1.29 is 0 Å². The summed E-state index contributed by atoms with van der Waals surface area (Å²) < 4.78 is 0. The van der Waals surface area contributed by atoms with E-state index >= 15 is 0 Å². The van der Waals surface area contributed by atoms with Crippen molar-refractivity contribution in [1.29, 1.82) is 0 Å². The smallest absolute Gasteiger partial charge is 0.0500 e. The molecule has 0 aliphatic heterocycles. The average Bonchev–Trinajstić information content (AvgIpc) is 3.00. The van der Waals surface area contributed by atoms with Crippen LogP contribution >= 0.6 is 0 Å². The van der Waals surface area contributed by atoms with E-state index in [2.05, 4.69) is 54.8 Å². The van der Waals surface area contributed by atoms with Crippen LogP contribution in [0.5, 0.6) is 0 Å². The van der Waals surface area contributed by atoms with E-state index in [1.54, 1.807) is 0 Å². The number of nitrogens with two attached hydrogens (primary N) is 1. The van der Waals surface area contributed by atoms with E-state index in [1.807, 2.05) is 0 Å². The Morgan fingerprint density at radius 2 is 1.71 bits per heavy atom. The molecule has 2 aromatic rings. The second-order valence-corrected chi connectivity index (χ2v) is 5.98. The first-order valence-electron chi connectivity index (χ1n) is 7.95. The third-order valence-electron chi connectivity index (χ3n) is 4.59. The van der Waals surface area contributed by atoms with Gasteiger partial charge in [-0.3, -0.25) is 11.3 Å². The maximum atomic E-state index is 5.79. The number of hydrogen-bond donors (Lipinski definition) is 2. The van der Waals surface area contributed by atoms with Crippen LogP contribution in [-0.4, -0.2) is 0 Å². The summed E-state index contributed by atoms with van der Waals surface area (Å²) in [5.74, 6) is 5.79. The number of aryl methyl sites for hydroxylation is 3. The van der Waals surface area contributed by atoms with Gasteiger partial charge in [0, 0.05) is 6.04 Å². The molecule has 3 rings (SSSR count). The van der Waals surface area contributed by atoms with Crippen molar-refractivity contribution in [2.24, 2.45) is 5.84 Å². The summed E-state index contributed by atoms with van der Waals surface area (Å²) in [6.07, 6.45) is 5.79. The monoisotopic (exact) mass is 280 g/mol. The zero-order chi connectivity index (χ0) is 14.7. The van der Waals surface area contributed by atoms with Gasteiger partial charge < -0.3 is 0 Å². The molecule has 21 heavy (non-hydrogen) atoms. The second kappa shape index (κ2) is 6.42. The van der Waals surface area contributed by atoms with Crippen molar-refractivity contribution in [2.75, 3.05) is 0 Å². The van der Waals surface area contributed by atoms with Crippen molar-refractivity contribution >= 4 is 0 Å². The van der Waals surface area contributed by atoms with E-state index in [9.17, 15) is 0 Å². The number of benzene rings is 2. The molecular formula is C19H24N2. The normalized spacial score (nSPS) is 15.0. The van der Waals surface area contributed by atoms with E-state index in [-0.39, 0.29) is 6.04 Å². The second-order valence-electron chi connectivity index (χ2n) is 5.98. The Balaban J connectivity index is 1.77. The number of rotatable bonds is 5. The molecule has 1 atom stereocenters. The summed E-state index contributed by atoms with van der Waals surface area (Å²) in [4.78, 5) is 0. The topological polar surface area (TPSA) is 38.0 Å². The Labute approximate surface area is 127 Å². The van der Waals surface area contributed by atoms with Crippen molar-refractivity contribution in [2.45, 2.75) is 45.1 Å². The SMILES string of the molecule is CCc1ccc(C(Cc2ccc3c(c2)CCC3)NN)cc1. The quantitative estimate of drug-likeness (QED) is 0.650. The lowest BCUT2D eigenvalue weighted by Crippen LogP contribution is -2.29. The Morgan fingerprint density at radius 1 is 1.00 bits per heavy atom. The highest BCUT2D eigenvalue weighted by atomic mass is 15.2. The predicted octanol–water partition coefficient (Wildman–Crippen LogP) is 3.48. The van der Waals surface area contributed by atoms with Gasteiger partial charge in [0.15, 0.2) is 0 Å². The molecule has 0 radical (unpaired) electrons. The summed E-state index contributed by atoms with van der Waals surface area (Å²) in [6, 6.07) is 15.9. The minimum absolute atomic E-state index is 0.176. The van der Waals surface area contributed by atoms with E-state index in [0.717, 1.165) is 12.8 Å². The van der Waals surface area contributed by atoms with Gasteiger partial charge in [-0.1, -0.05) is 49.4 Å². The molecule has 0 amide bonds. The highest BCUT2D eigenvalue weighted by Gasteiger charge is 2.14. The largest absolute Gasteiger partial charge is 0.271 e. The minimum atomic E-state index is 0.176. The third kappa shape index (κ3) is 3.17. The first kappa shape index (κ1) is 14.3. The van der Waals surface area contributed by atoms with Gasteiger partial charge in [-0.2, -0.15) is 0 Å². The molecule has 0 spiro atoms. The molecule has 0 bridgehead atoms. The lowest BCUT2D eigenvalue weighted by atomic mass is 9.96. The fraction of sp³-hybridized carbons (Fsp3) is 0.368. The first-order valence-corrected chi connectivity index (χ1v) is 7.95. The van der Waals surface area contributed by atoms with Crippen LogP contribution in [0.25, 0.3) is 0 Å². The summed E-state index contributed by atoms with van der Waals surface area (Å²) in [7, 11) is 0. The van der Waals surface area contributed by atoms with Crippen LogP contribution < -0.4 is 11.3 Å². The highest BCUT2D eigenvalue weighted by Crippen LogP contribution is 2.25. The maximum Gasteiger partial charge on any atom is 0.0500 e. The number of nitrogens with one attached hydrogen (secondary N) is 1. The molecule has 0 saturated carbocycles. The Morgan fingerprint density at radius 3 is 2.43 bits per heavy atom.